The van der Waals surface area contributed by atoms with Gasteiger partial charge in [-0.1, -0.05) is 12.1 Å². The van der Waals surface area contributed by atoms with Gasteiger partial charge in [0.15, 0.2) is 11.6 Å². The van der Waals surface area contributed by atoms with Crippen molar-refractivity contribution in [3.63, 3.8) is 0 Å². The number of hydrogen-bond donors (Lipinski definition) is 2. The van der Waals surface area contributed by atoms with Crippen molar-refractivity contribution < 1.29 is 31.8 Å². The first kappa shape index (κ1) is 26.2. The summed E-state index contributed by atoms with van der Waals surface area (Å²) < 4.78 is 68.6. The molecule has 0 atom stereocenters. The molecule has 3 aliphatic rings. The zero-order valence-corrected chi connectivity index (χ0v) is 22.1. The van der Waals surface area contributed by atoms with Crippen LogP contribution in [0.3, 0.4) is 0 Å². The van der Waals surface area contributed by atoms with Crippen LogP contribution in [0.15, 0.2) is 53.9 Å². The Balaban J connectivity index is 1.13. The molecule has 42 heavy (non-hydrogen) atoms. The number of fused-ring (bicyclic) bond motifs is 1. The molecule has 1 amide bonds. The minimum absolute atomic E-state index is 0.0125. The van der Waals surface area contributed by atoms with Crippen molar-refractivity contribution in [1.82, 2.24) is 19.9 Å². The molecular formula is C29H24F4N6O3. The molecule has 0 radical (unpaired) electrons. The van der Waals surface area contributed by atoms with Crippen molar-refractivity contribution >= 4 is 28.6 Å². The number of halogens is 4. The normalized spacial score (nSPS) is 18.6. The van der Waals surface area contributed by atoms with E-state index >= 15 is 8.78 Å². The maximum atomic E-state index is 15.1. The molecule has 9 nitrogen and oxygen atoms in total. The Morgan fingerprint density at radius 3 is 2.48 bits per heavy atom. The van der Waals surface area contributed by atoms with E-state index in [1.807, 2.05) is 0 Å². The molecule has 4 aromatic rings. The van der Waals surface area contributed by atoms with E-state index in [1.54, 1.807) is 18.3 Å². The van der Waals surface area contributed by atoms with Crippen LogP contribution >= 0.6 is 0 Å². The second-order valence-electron chi connectivity index (χ2n) is 10.9. The molecule has 13 heteroatoms. The molecule has 4 heterocycles. The molecule has 0 unspecified atom stereocenters. The monoisotopic (exact) mass is 580 g/mol. The summed E-state index contributed by atoms with van der Waals surface area (Å²) in [5, 5.41) is 3.16. The Morgan fingerprint density at radius 2 is 1.83 bits per heavy atom. The van der Waals surface area contributed by atoms with E-state index in [-0.39, 0.29) is 41.5 Å². The summed E-state index contributed by atoms with van der Waals surface area (Å²) >= 11 is 0. The molecular weight excluding hydrogens is 556 g/mol. The van der Waals surface area contributed by atoms with Crippen molar-refractivity contribution in [3.05, 3.63) is 66.1 Å². The Bertz CT molecular complexity index is 1710. The number of nitrogens with zero attached hydrogens (tertiary/aromatic N) is 4. The lowest BCUT2D eigenvalue weighted by Crippen LogP contribution is -2.31. The van der Waals surface area contributed by atoms with Crippen molar-refractivity contribution in [2.75, 3.05) is 31.6 Å². The maximum absolute atomic E-state index is 15.1. The third-order valence-corrected chi connectivity index (χ3v) is 7.81. The summed E-state index contributed by atoms with van der Waals surface area (Å²) in [6.45, 7) is 0.507. The minimum Gasteiger partial charge on any atom is -0.464 e. The molecule has 1 aliphatic carbocycles. The summed E-state index contributed by atoms with van der Waals surface area (Å²) in [5.41, 5.74) is 2.02. The van der Waals surface area contributed by atoms with Crippen LogP contribution in [0.25, 0.3) is 22.2 Å². The molecule has 2 aromatic heterocycles. The first-order valence-corrected chi connectivity index (χ1v) is 13.4. The van der Waals surface area contributed by atoms with E-state index in [0.717, 1.165) is 29.9 Å². The van der Waals surface area contributed by atoms with Crippen molar-refractivity contribution in [3.8, 4) is 22.8 Å². The van der Waals surface area contributed by atoms with Gasteiger partial charge in [0.05, 0.1) is 25.1 Å². The molecule has 2 fully saturated rings. The fourth-order valence-electron chi connectivity index (χ4n) is 5.18. The summed E-state index contributed by atoms with van der Waals surface area (Å²) in [5.74, 6) is -6.05. The predicted molar refractivity (Wildman–Crippen MR) is 145 cm³/mol. The van der Waals surface area contributed by atoms with Crippen LogP contribution in [0.5, 0.6) is 11.6 Å². The number of nitrogens with one attached hydrogen (secondary N) is 2. The average Bonchev–Trinajstić information content (AvgIpc) is 3.40. The quantitative estimate of drug-likeness (QED) is 0.291. The molecule has 7 rings (SSSR count). The summed E-state index contributed by atoms with van der Waals surface area (Å²) in [6.07, 6.45) is 4.58. The third kappa shape index (κ3) is 4.88. The zero-order chi connectivity index (χ0) is 29.1. The van der Waals surface area contributed by atoms with Gasteiger partial charge in [-0.05, 0) is 30.5 Å². The highest BCUT2D eigenvalue weighted by Crippen LogP contribution is 2.47. The highest BCUT2D eigenvalue weighted by molar-refractivity contribution is 5.99. The number of H-pyrrole nitrogens is 1. The summed E-state index contributed by atoms with van der Waals surface area (Å²) in [6, 6.07) is 8.72. The van der Waals surface area contributed by atoms with Crippen LogP contribution in [0.2, 0.25) is 0 Å². The molecule has 1 saturated heterocycles. The van der Waals surface area contributed by atoms with Crippen LogP contribution in [0.4, 0.5) is 23.2 Å². The van der Waals surface area contributed by atoms with E-state index in [0.29, 0.717) is 35.3 Å². The number of hydrogen-bond acceptors (Lipinski definition) is 7. The van der Waals surface area contributed by atoms with Gasteiger partial charge >= 0.3 is 0 Å². The molecule has 1 spiro atoms. The van der Waals surface area contributed by atoms with Crippen LogP contribution in [-0.2, 0) is 4.74 Å². The number of carbonyl (C=O) groups is 1. The van der Waals surface area contributed by atoms with E-state index in [2.05, 4.69) is 25.3 Å². The number of amides is 1. The molecule has 0 bridgehead atoms. The van der Waals surface area contributed by atoms with E-state index in [4.69, 9.17) is 9.47 Å². The third-order valence-electron chi connectivity index (χ3n) is 7.81. The number of benzene rings is 2. The highest BCUT2D eigenvalue weighted by Gasteiger charge is 2.45. The van der Waals surface area contributed by atoms with Gasteiger partial charge in [-0.2, -0.15) is 0 Å². The van der Waals surface area contributed by atoms with E-state index in [1.165, 1.54) is 18.5 Å². The van der Waals surface area contributed by atoms with Gasteiger partial charge in [0.2, 0.25) is 11.6 Å². The number of aromatic nitrogens is 3. The first-order valence-electron chi connectivity index (χ1n) is 13.4. The topological polar surface area (TPSA) is 105 Å². The summed E-state index contributed by atoms with van der Waals surface area (Å²) in [7, 11) is 0. The fraction of sp³-hybridized carbons (Fsp3) is 0.310. The molecule has 2 aromatic carbocycles. The van der Waals surface area contributed by atoms with Gasteiger partial charge in [-0.3, -0.25) is 4.79 Å². The average molecular weight is 581 g/mol. The number of rotatable bonds is 5. The number of aliphatic imine (C=N–C) groups is 1. The van der Waals surface area contributed by atoms with Crippen molar-refractivity contribution in [1.29, 1.82) is 0 Å². The number of alkyl halides is 2. The molecule has 2 aliphatic heterocycles. The van der Waals surface area contributed by atoms with E-state index < -0.39 is 35.8 Å². The molecule has 2 N–H and O–H groups in total. The SMILES string of the molecule is O=C(c1ccc(-c2c[nH]c3ncnc(Oc4c(F)cc(NC5=NCC6(CC6)CO5)cc4F)c23)cc1)N1CCC(F)(F)C1. The smallest absolute Gasteiger partial charge is 0.289 e. The fourth-order valence-corrected chi connectivity index (χ4v) is 5.18. The number of carbonyl (C=O) groups excluding carboxylic acids is 1. The van der Waals surface area contributed by atoms with Crippen molar-refractivity contribution in [2.24, 2.45) is 10.4 Å². The van der Waals surface area contributed by atoms with Gasteiger partial charge in [-0.15, -0.1) is 0 Å². The minimum atomic E-state index is -2.88. The highest BCUT2D eigenvalue weighted by atomic mass is 19.3. The maximum Gasteiger partial charge on any atom is 0.289 e. The van der Waals surface area contributed by atoms with Crippen LogP contribution in [0.1, 0.15) is 29.6 Å². The van der Waals surface area contributed by atoms with Crippen LogP contribution in [-0.4, -0.2) is 63.9 Å². The van der Waals surface area contributed by atoms with Gasteiger partial charge < -0.3 is 24.7 Å². The van der Waals surface area contributed by atoms with Crippen molar-refractivity contribution in [2.45, 2.75) is 25.2 Å². The number of amidine groups is 1. The Hall–Kier alpha value is -4.68. The van der Waals surface area contributed by atoms with Gasteiger partial charge in [0.1, 0.15) is 12.0 Å². The number of aromatic amines is 1. The number of likely N-dealkylation sites (tertiary alicyclic amines) is 1. The zero-order valence-electron chi connectivity index (χ0n) is 22.1. The standard InChI is InChI=1S/C29H24F4N6O3/c30-20-9-18(38-27-35-12-28(5-6-28)14-41-27)10-21(31)23(20)42-25-22-19(11-34-24(22)36-15-37-25)16-1-3-17(4-2-16)26(40)39-8-7-29(32,33)13-39/h1-4,9-11,15H,5-8,12-14H2,(H,35,38)(H,34,36,37). The number of ether oxygens (including phenoxy) is 2. The van der Waals surface area contributed by atoms with Gasteiger partial charge in [0.25, 0.3) is 17.9 Å². The second kappa shape index (κ2) is 9.71. The number of anilines is 1. The molecule has 216 valence electrons. The lowest BCUT2D eigenvalue weighted by atomic mass is 10.0. The van der Waals surface area contributed by atoms with Crippen LogP contribution < -0.4 is 10.1 Å². The largest absolute Gasteiger partial charge is 0.464 e. The Morgan fingerprint density at radius 1 is 1.07 bits per heavy atom. The molecule has 1 saturated carbocycles. The van der Waals surface area contributed by atoms with Gasteiger partial charge in [0, 0.05) is 53.5 Å². The summed E-state index contributed by atoms with van der Waals surface area (Å²) in [4.78, 5) is 29.4. The predicted octanol–water partition coefficient (Wildman–Crippen LogP) is 5.75. The van der Waals surface area contributed by atoms with Gasteiger partial charge in [-0.25, -0.2) is 32.5 Å². The Labute approximate surface area is 236 Å². The van der Waals surface area contributed by atoms with E-state index in [9.17, 15) is 13.6 Å². The lowest BCUT2D eigenvalue weighted by Gasteiger charge is -2.22. The van der Waals surface area contributed by atoms with Crippen LogP contribution in [0, 0.1) is 17.0 Å². The lowest BCUT2D eigenvalue weighted by molar-refractivity contribution is 0.0120. The first-order chi connectivity index (χ1) is 20.2. The second-order valence-corrected chi connectivity index (χ2v) is 10.9. The Kier molecular flexibility index (Phi) is 6.06.